The van der Waals surface area contributed by atoms with Gasteiger partial charge in [0, 0.05) is 13.5 Å². The molecule has 0 heterocycles. The summed E-state index contributed by atoms with van der Waals surface area (Å²) in [5.41, 5.74) is 0.631. The predicted molar refractivity (Wildman–Crippen MR) is 98.7 cm³/mol. The first-order chi connectivity index (χ1) is 11.6. The number of hydrogen-bond donors (Lipinski definition) is 1. The molecule has 134 valence electrons. The number of rotatable bonds is 12. The van der Waals surface area contributed by atoms with Crippen molar-refractivity contribution in [2.45, 2.75) is 71.1 Å². The maximum Gasteiger partial charge on any atom is 0.337 e. The van der Waals surface area contributed by atoms with Crippen molar-refractivity contribution in [1.82, 2.24) is 0 Å². The van der Waals surface area contributed by atoms with E-state index in [-0.39, 0.29) is 11.5 Å². The Labute approximate surface area is 145 Å². The van der Waals surface area contributed by atoms with E-state index in [9.17, 15) is 14.7 Å². The smallest absolute Gasteiger partial charge is 0.337 e. The van der Waals surface area contributed by atoms with Crippen LogP contribution in [0.2, 0.25) is 0 Å². The van der Waals surface area contributed by atoms with Crippen LogP contribution in [0, 0.1) is 0 Å². The highest BCUT2D eigenvalue weighted by Gasteiger charge is 2.17. The standard InChI is InChI=1S/C20H31NO3/c1-3-4-5-6-7-8-9-10-11-16-19(22)21(2)18-15-13-12-14-17(18)20(23)24/h12-15H,3-11,16H2,1-2H3,(H,23,24). The number of carboxylic acid groups (broad SMARTS) is 1. The molecule has 24 heavy (non-hydrogen) atoms. The van der Waals surface area contributed by atoms with Gasteiger partial charge in [0.1, 0.15) is 0 Å². The first-order valence-corrected chi connectivity index (χ1v) is 9.16. The minimum Gasteiger partial charge on any atom is -0.478 e. The number of amides is 1. The number of carbonyl (C=O) groups excluding carboxylic acids is 1. The fourth-order valence-electron chi connectivity index (χ4n) is 2.84. The molecule has 0 radical (unpaired) electrons. The monoisotopic (exact) mass is 333 g/mol. The minimum absolute atomic E-state index is 0.0216. The van der Waals surface area contributed by atoms with Crippen LogP contribution >= 0.6 is 0 Å². The fraction of sp³-hybridized carbons (Fsp3) is 0.600. The lowest BCUT2D eigenvalue weighted by Gasteiger charge is -2.19. The summed E-state index contributed by atoms with van der Waals surface area (Å²) in [5, 5.41) is 9.21. The van der Waals surface area contributed by atoms with Gasteiger partial charge >= 0.3 is 5.97 Å². The number of anilines is 1. The molecule has 0 fully saturated rings. The van der Waals surface area contributed by atoms with Crippen molar-refractivity contribution < 1.29 is 14.7 Å². The lowest BCUT2D eigenvalue weighted by atomic mass is 10.1. The average molecular weight is 333 g/mol. The highest BCUT2D eigenvalue weighted by molar-refractivity contribution is 6.01. The second kappa shape index (κ2) is 11.7. The van der Waals surface area contributed by atoms with E-state index in [4.69, 9.17) is 0 Å². The van der Waals surface area contributed by atoms with Crippen molar-refractivity contribution in [1.29, 1.82) is 0 Å². The van der Waals surface area contributed by atoms with E-state index in [0.29, 0.717) is 12.1 Å². The van der Waals surface area contributed by atoms with Gasteiger partial charge in [-0.2, -0.15) is 0 Å². The van der Waals surface area contributed by atoms with E-state index in [2.05, 4.69) is 6.92 Å². The van der Waals surface area contributed by atoms with Crippen molar-refractivity contribution in [3.8, 4) is 0 Å². The van der Waals surface area contributed by atoms with Gasteiger partial charge in [-0.15, -0.1) is 0 Å². The zero-order valence-corrected chi connectivity index (χ0v) is 15.1. The van der Waals surface area contributed by atoms with E-state index >= 15 is 0 Å². The van der Waals surface area contributed by atoms with E-state index in [1.54, 1.807) is 25.2 Å². The molecule has 1 aromatic carbocycles. The number of aromatic carboxylic acids is 1. The molecular formula is C20H31NO3. The molecule has 0 saturated heterocycles. The van der Waals surface area contributed by atoms with Crippen molar-refractivity contribution >= 4 is 17.6 Å². The number of carbonyl (C=O) groups is 2. The molecule has 0 aliphatic carbocycles. The summed E-state index contributed by atoms with van der Waals surface area (Å²) in [6, 6.07) is 6.63. The Kier molecular flexibility index (Phi) is 9.81. The number of nitrogens with zero attached hydrogens (tertiary/aromatic N) is 1. The van der Waals surface area contributed by atoms with Crippen LogP contribution in [0.5, 0.6) is 0 Å². The molecule has 1 aromatic rings. The lowest BCUT2D eigenvalue weighted by Crippen LogP contribution is -2.27. The third kappa shape index (κ3) is 7.16. The summed E-state index contributed by atoms with van der Waals surface area (Å²) in [6.45, 7) is 2.23. The SMILES string of the molecule is CCCCCCCCCCCC(=O)N(C)c1ccccc1C(=O)O. The number of carboxylic acids is 1. The van der Waals surface area contributed by atoms with E-state index in [1.807, 2.05) is 0 Å². The number of unbranched alkanes of at least 4 members (excludes halogenated alkanes) is 8. The second-order valence-corrected chi connectivity index (χ2v) is 6.35. The number of hydrogen-bond acceptors (Lipinski definition) is 2. The Morgan fingerprint density at radius 3 is 2.04 bits per heavy atom. The molecule has 4 heteroatoms. The van der Waals surface area contributed by atoms with E-state index in [1.165, 1.54) is 55.9 Å². The Bertz CT molecular complexity index is 513. The molecule has 1 N–H and O–H groups in total. The molecule has 0 aliphatic rings. The predicted octanol–water partition coefficient (Wildman–Crippen LogP) is 5.27. The Balaban J connectivity index is 2.27. The van der Waals surface area contributed by atoms with Gasteiger partial charge < -0.3 is 10.0 Å². The third-order valence-corrected chi connectivity index (χ3v) is 4.36. The highest BCUT2D eigenvalue weighted by atomic mass is 16.4. The minimum atomic E-state index is -1.01. The molecule has 0 spiro atoms. The summed E-state index contributed by atoms with van der Waals surface area (Å²) >= 11 is 0. The van der Waals surface area contributed by atoms with Crippen LogP contribution in [0.25, 0.3) is 0 Å². The molecule has 0 unspecified atom stereocenters. The van der Waals surface area contributed by atoms with Gasteiger partial charge in [0.05, 0.1) is 11.3 Å². The lowest BCUT2D eigenvalue weighted by molar-refractivity contribution is -0.118. The Morgan fingerprint density at radius 2 is 1.46 bits per heavy atom. The zero-order valence-electron chi connectivity index (χ0n) is 15.1. The van der Waals surface area contributed by atoms with Crippen LogP contribution in [0.1, 0.15) is 81.5 Å². The molecule has 4 nitrogen and oxygen atoms in total. The normalized spacial score (nSPS) is 10.6. The van der Waals surface area contributed by atoms with Gasteiger partial charge in [0.15, 0.2) is 0 Å². The van der Waals surface area contributed by atoms with Gasteiger partial charge in [-0.05, 0) is 18.6 Å². The first-order valence-electron chi connectivity index (χ1n) is 9.16. The Hall–Kier alpha value is -1.84. The summed E-state index contributed by atoms with van der Waals surface area (Å²) in [6.07, 6.45) is 11.4. The molecule has 0 saturated carbocycles. The van der Waals surface area contributed by atoms with Gasteiger partial charge in [0.25, 0.3) is 0 Å². The van der Waals surface area contributed by atoms with Crippen molar-refractivity contribution in [2.24, 2.45) is 0 Å². The molecule has 1 amide bonds. The van der Waals surface area contributed by atoms with Crippen LogP contribution in [0.3, 0.4) is 0 Å². The molecule has 0 aromatic heterocycles. The van der Waals surface area contributed by atoms with Crippen LogP contribution in [0.4, 0.5) is 5.69 Å². The molecule has 1 rings (SSSR count). The highest BCUT2D eigenvalue weighted by Crippen LogP contribution is 2.20. The van der Waals surface area contributed by atoms with Crippen LogP contribution in [-0.2, 0) is 4.79 Å². The maximum absolute atomic E-state index is 12.3. The summed E-state index contributed by atoms with van der Waals surface area (Å²) in [7, 11) is 1.65. The average Bonchev–Trinajstić information content (AvgIpc) is 2.59. The van der Waals surface area contributed by atoms with E-state index in [0.717, 1.165) is 12.8 Å². The van der Waals surface area contributed by atoms with Gasteiger partial charge in [-0.1, -0.05) is 70.4 Å². The van der Waals surface area contributed by atoms with Crippen LogP contribution < -0.4 is 4.90 Å². The third-order valence-electron chi connectivity index (χ3n) is 4.36. The molecule has 0 aliphatic heterocycles. The Morgan fingerprint density at radius 1 is 0.917 bits per heavy atom. The molecule has 0 atom stereocenters. The van der Waals surface area contributed by atoms with Crippen LogP contribution in [-0.4, -0.2) is 24.0 Å². The summed E-state index contributed by atoms with van der Waals surface area (Å²) in [4.78, 5) is 25.0. The topological polar surface area (TPSA) is 57.6 Å². The van der Waals surface area contributed by atoms with Gasteiger partial charge in [0.2, 0.25) is 5.91 Å². The van der Waals surface area contributed by atoms with Gasteiger partial charge in [-0.25, -0.2) is 4.79 Å². The molecule has 0 bridgehead atoms. The largest absolute Gasteiger partial charge is 0.478 e. The van der Waals surface area contributed by atoms with Crippen molar-refractivity contribution in [3.05, 3.63) is 29.8 Å². The number of para-hydroxylation sites is 1. The van der Waals surface area contributed by atoms with Crippen LogP contribution in [0.15, 0.2) is 24.3 Å². The fourth-order valence-corrected chi connectivity index (χ4v) is 2.84. The molecular weight excluding hydrogens is 302 g/mol. The maximum atomic E-state index is 12.3. The summed E-state index contributed by atoms with van der Waals surface area (Å²) < 4.78 is 0. The van der Waals surface area contributed by atoms with E-state index < -0.39 is 5.97 Å². The quantitative estimate of drug-likeness (QED) is 0.530. The van der Waals surface area contributed by atoms with Crippen molar-refractivity contribution in [3.63, 3.8) is 0 Å². The zero-order chi connectivity index (χ0) is 17.8. The summed E-state index contributed by atoms with van der Waals surface area (Å²) in [5.74, 6) is -1.03. The van der Waals surface area contributed by atoms with Crippen molar-refractivity contribution in [2.75, 3.05) is 11.9 Å². The van der Waals surface area contributed by atoms with Gasteiger partial charge in [-0.3, -0.25) is 4.79 Å². The number of benzene rings is 1. The first kappa shape index (κ1) is 20.2. The second-order valence-electron chi connectivity index (χ2n) is 6.35.